The molecule has 22 aromatic rings. The Kier molecular flexibility index (Phi) is 18.1. The molecule has 8 heteroatoms. The fourth-order valence-corrected chi connectivity index (χ4v) is 21.1. The van der Waals surface area contributed by atoms with E-state index in [1.807, 2.05) is 0 Å². The largest absolute Gasteiger partial charge is 0.309 e. The molecule has 0 saturated heterocycles. The van der Waals surface area contributed by atoms with Gasteiger partial charge in [0.15, 0.2) is 0 Å². The van der Waals surface area contributed by atoms with Gasteiger partial charge in [-0.15, -0.1) is 0 Å². The highest BCUT2D eigenvalue weighted by molar-refractivity contribution is 6.18. The summed E-state index contributed by atoms with van der Waals surface area (Å²) < 4.78 is 17.6. The third-order valence-corrected chi connectivity index (χ3v) is 28.7. The summed E-state index contributed by atoms with van der Waals surface area (Å²) in [6, 6.07) is 114. The van der Waals surface area contributed by atoms with Gasteiger partial charge in [-0.3, -0.25) is 4.57 Å². The molecule has 0 amide bonds. The Morgan fingerprint density at radius 2 is 0.351 bits per heavy atom. The number of fused-ring (bicyclic) bond motifs is 19. The van der Waals surface area contributed by atoms with E-state index in [1.165, 1.54) is 132 Å². The summed E-state index contributed by atoms with van der Waals surface area (Å²) >= 11 is 0. The van der Waals surface area contributed by atoms with Crippen molar-refractivity contribution in [2.24, 2.45) is 0 Å². The Hall–Kier alpha value is -13.4. The zero-order chi connectivity index (χ0) is 91.5. The first kappa shape index (κ1) is 83.2. The van der Waals surface area contributed by atoms with Crippen molar-refractivity contribution < 1.29 is 0 Å². The molecule has 0 aliphatic carbocycles. The van der Waals surface area contributed by atoms with Crippen molar-refractivity contribution in [1.82, 2.24) is 37.0 Å². The summed E-state index contributed by atoms with van der Waals surface area (Å²) in [6.07, 6.45) is 0. The lowest BCUT2D eigenvalue weighted by molar-refractivity contribution is 0.590. The molecule has 7 heterocycles. The van der Waals surface area contributed by atoms with Gasteiger partial charge in [0.25, 0.3) is 0 Å². The minimum atomic E-state index is -0.0610. The van der Waals surface area contributed by atoms with Crippen molar-refractivity contribution in [3.63, 3.8) is 0 Å². The van der Waals surface area contributed by atoms with Crippen molar-refractivity contribution in [2.45, 2.75) is 209 Å². The molecule has 0 atom stereocenters. The van der Waals surface area contributed by atoms with E-state index in [-0.39, 0.29) is 43.3 Å². The lowest BCUT2D eigenvalue weighted by Gasteiger charge is -2.19. The van der Waals surface area contributed by atoms with Crippen LogP contribution in [-0.2, 0) is 43.3 Å². The first-order chi connectivity index (χ1) is 62.0. The molecule has 131 heavy (non-hydrogen) atoms. The van der Waals surface area contributed by atoms with Crippen LogP contribution in [0, 0.1) is 0 Å². The van der Waals surface area contributed by atoms with E-state index in [0.717, 1.165) is 106 Å². The quantitative estimate of drug-likeness (QED) is 0.150. The first-order valence-electron chi connectivity index (χ1n) is 47.2. The van der Waals surface area contributed by atoms with Gasteiger partial charge < -0.3 is 27.4 Å². The molecule has 22 rings (SSSR count). The fourth-order valence-electron chi connectivity index (χ4n) is 21.1. The van der Waals surface area contributed by atoms with Crippen LogP contribution in [0.4, 0.5) is 0 Å². The summed E-state index contributed by atoms with van der Waals surface area (Å²) in [5.74, 6) is 0.841. The van der Waals surface area contributed by atoms with Crippen LogP contribution < -0.4 is 0 Å². The number of hydrogen-bond acceptors (Lipinski definition) is 1. The van der Waals surface area contributed by atoms with E-state index in [0.29, 0.717) is 0 Å². The lowest BCUT2D eigenvalue weighted by atomic mass is 9.85. The molecule has 0 N–H and O–H groups in total. The molecule has 0 unspecified atom stereocenters. The molecule has 7 aromatic heterocycles. The molecule has 15 aromatic carbocycles. The predicted octanol–water partition coefficient (Wildman–Crippen LogP) is 33.7. The van der Waals surface area contributed by atoms with Crippen molar-refractivity contribution in [3.05, 3.63) is 336 Å². The number of nitrogens with zero attached hydrogens (tertiary/aromatic N) is 8. The van der Waals surface area contributed by atoms with Crippen molar-refractivity contribution in [2.75, 3.05) is 0 Å². The zero-order valence-electron chi connectivity index (χ0n) is 80.8. The van der Waals surface area contributed by atoms with E-state index in [4.69, 9.17) is 4.98 Å². The molecule has 652 valence electrons. The number of hydrogen-bond donors (Lipinski definition) is 0. The normalized spacial score (nSPS) is 13.3. The molecule has 8 nitrogen and oxygen atoms in total. The van der Waals surface area contributed by atoms with Crippen LogP contribution in [0.25, 0.3) is 193 Å². The summed E-state index contributed by atoms with van der Waals surface area (Å²) in [4.78, 5) is 5.80. The summed E-state index contributed by atoms with van der Waals surface area (Å²) in [5.41, 5.74) is 34.1. The van der Waals surface area contributed by atoms with Crippen LogP contribution in [0.15, 0.2) is 291 Å². The molecule has 0 aliphatic heterocycles. The van der Waals surface area contributed by atoms with Crippen LogP contribution in [0.5, 0.6) is 0 Å². The Labute approximate surface area is 770 Å². The summed E-state index contributed by atoms with van der Waals surface area (Å²) in [6.45, 7) is 56.0. The maximum Gasteiger partial charge on any atom is 0.145 e. The Morgan fingerprint density at radius 3 is 0.580 bits per heavy atom. The SMILES string of the molecule is CC(C)(C)c1ccc2c(c1)c1cc(C(C)(C)C)ccc1n2-c1ccc2c(c1)c1cc(-n3c4ccc(C(C)(C)C)cc4c4cc(C(C)(C)C)ccc43)ccc1n2-c1cc(-c2nc3ccccc3n2-c2ccccc2)cc(-n2c3ccc(-n4c5ccc(C(C)(C)C)cc5c5cc(C(C)(C)C)ccc54)cc3c3cc(-n4c5ccc(C(C)(C)C)cc5c5cc(C(C)(C)C)ccc54)ccc32)c1. The average Bonchev–Trinajstić information content (AvgIpc) is 1.56. The van der Waals surface area contributed by atoms with Crippen LogP contribution in [0.2, 0.25) is 0 Å². The molecule has 0 fully saturated rings. The van der Waals surface area contributed by atoms with E-state index in [1.54, 1.807) is 0 Å². The van der Waals surface area contributed by atoms with Gasteiger partial charge in [0.2, 0.25) is 0 Å². The van der Waals surface area contributed by atoms with E-state index < -0.39 is 0 Å². The molecule has 0 bridgehead atoms. The highest BCUT2D eigenvalue weighted by Gasteiger charge is 2.31. The Bertz CT molecular complexity index is 7440. The van der Waals surface area contributed by atoms with Gasteiger partial charge in [-0.2, -0.15) is 0 Å². The van der Waals surface area contributed by atoms with Gasteiger partial charge in [0.1, 0.15) is 5.82 Å². The van der Waals surface area contributed by atoms with Crippen LogP contribution in [0.3, 0.4) is 0 Å². The van der Waals surface area contributed by atoms with E-state index in [2.05, 4.69) is 489 Å². The monoisotopic (exact) mass is 1710 g/mol. The summed E-state index contributed by atoms with van der Waals surface area (Å²) in [7, 11) is 0. The molecule has 0 aliphatic rings. The number of para-hydroxylation sites is 3. The number of benzene rings is 15. The zero-order valence-corrected chi connectivity index (χ0v) is 80.8. The second-order valence-corrected chi connectivity index (χ2v) is 46.0. The molecule has 0 spiro atoms. The average molecular weight is 1710 g/mol. The fraction of sp³-hybridized carbons (Fsp3) is 0.260. The maximum absolute atomic E-state index is 5.80. The predicted molar refractivity (Wildman–Crippen MR) is 562 cm³/mol. The highest BCUT2D eigenvalue weighted by Crippen LogP contribution is 2.49. The van der Waals surface area contributed by atoms with Crippen molar-refractivity contribution in [3.8, 4) is 51.2 Å². The summed E-state index contributed by atoms with van der Waals surface area (Å²) in [5, 5.41) is 14.6. The topological polar surface area (TPSA) is 47.4 Å². The number of imidazole rings is 1. The highest BCUT2D eigenvalue weighted by atomic mass is 15.1. The Balaban J connectivity index is 0.856. The van der Waals surface area contributed by atoms with E-state index in [9.17, 15) is 0 Å². The van der Waals surface area contributed by atoms with Crippen LogP contribution in [-0.4, -0.2) is 37.0 Å². The second kappa shape index (κ2) is 28.5. The maximum atomic E-state index is 5.80. The number of rotatable bonds is 8. The Morgan fingerprint density at radius 1 is 0.153 bits per heavy atom. The van der Waals surface area contributed by atoms with Gasteiger partial charge in [-0.05, 0) is 300 Å². The van der Waals surface area contributed by atoms with Crippen LogP contribution in [0.1, 0.15) is 211 Å². The molecule has 0 radical (unpaired) electrons. The third kappa shape index (κ3) is 13.4. The van der Waals surface area contributed by atoms with Gasteiger partial charge in [-0.1, -0.05) is 245 Å². The minimum Gasteiger partial charge on any atom is -0.309 e. The second-order valence-electron chi connectivity index (χ2n) is 46.0. The molecule has 0 saturated carbocycles. The molecular formula is C123H120N8. The van der Waals surface area contributed by atoms with Gasteiger partial charge in [0, 0.05) is 110 Å². The number of aromatic nitrogens is 8. The van der Waals surface area contributed by atoms with Gasteiger partial charge in [-0.25, -0.2) is 4.98 Å². The van der Waals surface area contributed by atoms with Crippen LogP contribution >= 0.6 is 0 Å². The van der Waals surface area contributed by atoms with Crippen molar-refractivity contribution in [1.29, 1.82) is 0 Å². The first-order valence-corrected chi connectivity index (χ1v) is 47.2. The standard InChI is InChI=1S/C123H120N8/c1-116(2,3)74-34-46-102-89(60-74)90-61-75(117(4,5)6)35-47-103(90)125(102)83-42-54-110-97(69-83)98-70-84(126-104-48-36-76(118(7,8)9)62-91(104)92-63-77(119(10,11)12)37-49-105(92)126)43-55-111(98)129(110)87-58-73(115-124-101-32-28-29-33-114(101)131(115)82-30-26-25-27-31-82)59-88(68-87)130-112-56-44-85(127-106-50-38-78(120(13,14)15)64-93(106)94-65-79(121(16,17)18)39-51-107(94)127)71-99(112)100-72-86(45-57-113(100)130)128-108-52-40-80(122(19,20)21)66-95(108)96-67-81(123(22,23)24)41-53-109(96)128/h25-72H,1-24H3. The third-order valence-electron chi connectivity index (χ3n) is 28.7. The van der Waals surface area contributed by atoms with Gasteiger partial charge >= 0.3 is 0 Å². The van der Waals surface area contributed by atoms with E-state index >= 15 is 0 Å². The van der Waals surface area contributed by atoms with Gasteiger partial charge in [0.05, 0.1) is 77.2 Å². The molecular weight excluding hydrogens is 1590 g/mol. The lowest BCUT2D eigenvalue weighted by Crippen LogP contribution is -2.10. The van der Waals surface area contributed by atoms with Crippen molar-refractivity contribution >= 4 is 142 Å². The minimum absolute atomic E-state index is 0.0610. The smallest absolute Gasteiger partial charge is 0.145 e.